The van der Waals surface area contributed by atoms with E-state index in [0.29, 0.717) is 19.8 Å². The number of benzene rings is 3. The molecule has 0 spiro atoms. The van der Waals surface area contributed by atoms with Crippen molar-refractivity contribution in [1.29, 1.82) is 0 Å². The molecule has 1 fully saturated rings. The first-order chi connectivity index (χ1) is 19.1. The number of hydrogen-bond donors (Lipinski definition) is 1. The van der Waals surface area contributed by atoms with Gasteiger partial charge in [-0.05, 0) is 16.7 Å². The van der Waals surface area contributed by atoms with Crippen LogP contribution < -0.4 is 0 Å². The minimum absolute atomic E-state index is 0.211. The molecule has 6 unspecified atom stereocenters. The number of rotatable bonds is 11. The molecule has 2 heterocycles. The molecule has 2 aliphatic rings. The fraction of sp³-hybridized carbons (Fsp3) is 0.387. The zero-order valence-electron chi connectivity index (χ0n) is 22.3. The Kier molecular flexibility index (Phi) is 9.68. The number of nitrogens with zero attached hydrogens (tertiary/aromatic N) is 2. The topological polar surface area (TPSA) is 72.8 Å². The number of aliphatic hydroxyl groups is 1. The summed E-state index contributed by atoms with van der Waals surface area (Å²) in [6.45, 7) is 0.937. The van der Waals surface area contributed by atoms with Gasteiger partial charge < -0.3 is 29.0 Å². The van der Waals surface area contributed by atoms with E-state index < -0.39 is 24.4 Å². The Hall–Kier alpha value is -2.72. The minimum Gasteiger partial charge on any atom is -0.394 e. The van der Waals surface area contributed by atoms with Gasteiger partial charge in [-0.25, -0.2) is 0 Å². The number of fused-ring (bicyclic) bond motifs is 1. The van der Waals surface area contributed by atoms with Crippen molar-refractivity contribution < 1.29 is 24.1 Å². The van der Waals surface area contributed by atoms with Crippen LogP contribution >= 0.6 is 11.8 Å². The predicted octanol–water partition coefficient (Wildman–Crippen LogP) is 4.49. The normalized spacial score (nSPS) is 25.1. The molecule has 206 valence electrons. The van der Waals surface area contributed by atoms with E-state index in [2.05, 4.69) is 0 Å². The first kappa shape index (κ1) is 27.8. The summed E-state index contributed by atoms with van der Waals surface area (Å²) in [4.78, 5) is 6.98. The van der Waals surface area contributed by atoms with Gasteiger partial charge in [-0.1, -0.05) is 103 Å². The lowest BCUT2D eigenvalue weighted by molar-refractivity contribution is -0.232. The molecule has 7 nitrogen and oxygen atoms in total. The van der Waals surface area contributed by atoms with Crippen LogP contribution in [0.3, 0.4) is 0 Å². The number of hydrogen-bond acceptors (Lipinski definition) is 8. The maximum atomic E-state index is 10.5. The van der Waals surface area contributed by atoms with Gasteiger partial charge in [0.2, 0.25) is 0 Å². The van der Waals surface area contributed by atoms with Crippen LogP contribution in [0.2, 0.25) is 0 Å². The summed E-state index contributed by atoms with van der Waals surface area (Å²) in [7, 11) is 3.95. The Bertz CT molecular complexity index is 1180. The van der Waals surface area contributed by atoms with Crippen LogP contribution in [0.15, 0.2) is 96.0 Å². The second-order valence-electron chi connectivity index (χ2n) is 9.92. The van der Waals surface area contributed by atoms with Crippen LogP contribution in [-0.4, -0.2) is 71.8 Å². The lowest BCUT2D eigenvalue weighted by Gasteiger charge is -2.45. The third kappa shape index (κ3) is 7.08. The molecule has 1 N–H and O–H groups in total. The highest BCUT2D eigenvalue weighted by atomic mass is 32.2. The van der Waals surface area contributed by atoms with Gasteiger partial charge in [0.1, 0.15) is 35.9 Å². The number of aliphatic hydroxyl groups excluding tert-OH is 1. The molecule has 3 aromatic rings. The molecule has 3 aromatic carbocycles. The molecule has 0 aromatic heterocycles. The van der Waals surface area contributed by atoms with Crippen LogP contribution in [0.25, 0.3) is 0 Å². The summed E-state index contributed by atoms with van der Waals surface area (Å²) in [5.74, 6) is 0. The molecule has 1 saturated heterocycles. The summed E-state index contributed by atoms with van der Waals surface area (Å²) in [6, 6.07) is 29.8. The number of ether oxygens (including phenoxy) is 4. The number of amidine groups is 1. The van der Waals surface area contributed by atoms with Gasteiger partial charge in [0, 0.05) is 14.1 Å². The van der Waals surface area contributed by atoms with Crippen molar-refractivity contribution in [1.82, 2.24) is 4.90 Å². The molecule has 0 saturated carbocycles. The van der Waals surface area contributed by atoms with E-state index in [1.165, 1.54) is 0 Å². The zero-order valence-corrected chi connectivity index (χ0v) is 23.2. The molecule has 0 bridgehead atoms. The summed E-state index contributed by atoms with van der Waals surface area (Å²) < 4.78 is 26.1. The SMILES string of the molecule is CN(C)C1=NC2C(OC(C(CO)OCc3ccccc3)C(OCc3ccccc3)C2OCc2ccccc2)S1. The second-order valence-corrected chi connectivity index (χ2v) is 11.0. The van der Waals surface area contributed by atoms with Gasteiger partial charge in [-0.15, -0.1) is 0 Å². The first-order valence-corrected chi connectivity index (χ1v) is 14.1. The Morgan fingerprint density at radius 3 is 1.82 bits per heavy atom. The average Bonchev–Trinajstić information content (AvgIpc) is 3.41. The predicted molar refractivity (Wildman–Crippen MR) is 153 cm³/mol. The van der Waals surface area contributed by atoms with Gasteiger partial charge in [0.05, 0.1) is 26.4 Å². The number of aliphatic imine (C=N–C) groups is 1. The molecule has 8 heteroatoms. The van der Waals surface area contributed by atoms with Gasteiger partial charge in [0.25, 0.3) is 0 Å². The fourth-order valence-electron chi connectivity index (χ4n) is 4.81. The van der Waals surface area contributed by atoms with Crippen LogP contribution in [0.4, 0.5) is 0 Å². The molecular weight excluding hydrogens is 512 g/mol. The van der Waals surface area contributed by atoms with E-state index in [0.717, 1.165) is 21.9 Å². The standard InChI is InChI=1S/C31H36N2O5S/c1-33(2)31-32-26-28(36-20-23-14-8-4-9-15-23)29(37-21-24-16-10-5-11-17-24)27(38-30(26)39-31)25(18-34)35-19-22-12-6-3-7-13-22/h3-17,25-30,34H,18-21H2,1-2H3. The molecule has 5 rings (SSSR count). The van der Waals surface area contributed by atoms with E-state index in [4.69, 9.17) is 23.9 Å². The van der Waals surface area contributed by atoms with Crippen molar-refractivity contribution in [3.05, 3.63) is 108 Å². The maximum absolute atomic E-state index is 10.5. The summed E-state index contributed by atoms with van der Waals surface area (Å²) in [6.07, 6.45) is -2.10. The van der Waals surface area contributed by atoms with Crippen LogP contribution in [0.1, 0.15) is 16.7 Å². The minimum atomic E-state index is -0.612. The summed E-state index contributed by atoms with van der Waals surface area (Å²) >= 11 is 1.57. The van der Waals surface area contributed by atoms with Crippen molar-refractivity contribution in [3.63, 3.8) is 0 Å². The Balaban J connectivity index is 1.43. The molecule has 6 atom stereocenters. The van der Waals surface area contributed by atoms with E-state index in [9.17, 15) is 5.11 Å². The maximum Gasteiger partial charge on any atom is 0.161 e. The lowest BCUT2D eigenvalue weighted by Crippen LogP contribution is -2.61. The molecular formula is C31H36N2O5S. The van der Waals surface area contributed by atoms with Crippen LogP contribution in [-0.2, 0) is 38.8 Å². The van der Waals surface area contributed by atoms with Gasteiger partial charge in [0.15, 0.2) is 5.17 Å². The highest BCUT2D eigenvalue weighted by Crippen LogP contribution is 2.41. The smallest absolute Gasteiger partial charge is 0.161 e. The first-order valence-electron chi connectivity index (χ1n) is 13.3. The highest BCUT2D eigenvalue weighted by Gasteiger charge is 2.53. The van der Waals surface area contributed by atoms with E-state index in [1.54, 1.807) is 11.8 Å². The average molecular weight is 549 g/mol. The lowest BCUT2D eigenvalue weighted by atomic mass is 9.94. The molecule has 0 aliphatic carbocycles. The van der Waals surface area contributed by atoms with Crippen molar-refractivity contribution in [2.75, 3.05) is 20.7 Å². The third-order valence-electron chi connectivity index (χ3n) is 6.84. The summed E-state index contributed by atoms with van der Waals surface area (Å²) in [5, 5.41) is 11.4. The van der Waals surface area contributed by atoms with E-state index in [-0.39, 0.29) is 18.1 Å². The fourth-order valence-corrected chi connectivity index (χ4v) is 5.95. The molecule has 39 heavy (non-hydrogen) atoms. The Labute approximate surface area is 234 Å². The van der Waals surface area contributed by atoms with Crippen molar-refractivity contribution >= 4 is 16.9 Å². The van der Waals surface area contributed by atoms with Crippen molar-refractivity contribution in [2.45, 2.75) is 55.7 Å². The number of thioether (sulfide) groups is 1. The van der Waals surface area contributed by atoms with Crippen LogP contribution in [0, 0.1) is 0 Å². The van der Waals surface area contributed by atoms with Crippen LogP contribution in [0.5, 0.6) is 0 Å². The molecule has 0 amide bonds. The monoisotopic (exact) mass is 548 g/mol. The van der Waals surface area contributed by atoms with E-state index >= 15 is 0 Å². The van der Waals surface area contributed by atoms with Gasteiger partial charge in [-0.2, -0.15) is 0 Å². The van der Waals surface area contributed by atoms with Crippen molar-refractivity contribution in [3.8, 4) is 0 Å². The van der Waals surface area contributed by atoms with Gasteiger partial charge >= 0.3 is 0 Å². The molecule has 0 radical (unpaired) electrons. The second kappa shape index (κ2) is 13.6. The van der Waals surface area contributed by atoms with E-state index in [1.807, 2.05) is 110 Å². The zero-order chi connectivity index (χ0) is 27.0. The quantitative estimate of drug-likeness (QED) is 0.379. The highest BCUT2D eigenvalue weighted by molar-refractivity contribution is 8.14. The van der Waals surface area contributed by atoms with Crippen molar-refractivity contribution in [2.24, 2.45) is 4.99 Å². The third-order valence-corrected chi connectivity index (χ3v) is 8.15. The summed E-state index contributed by atoms with van der Waals surface area (Å²) in [5.41, 5.74) is 2.86. The molecule has 2 aliphatic heterocycles. The van der Waals surface area contributed by atoms with Gasteiger partial charge in [-0.3, -0.25) is 4.99 Å². The largest absolute Gasteiger partial charge is 0.394 e. The Morgan fingerprint density at radius 1 is 0.795 bits per heavy atom. The Morgan fingerprint density at radius 2 is 1.31 bits per heavy atom.